The van der Waals surface area contributed by atoms with Crippen LogP contribution in [-0.4, -0.2) is 35.6 Å². The Labute approximate surface area is 125 Å². The van der Waals surface area contributed by atoms with E-state index in [1.54, 1.807) is 0 Å². The minimum Gasteiger partial charge on any atom is -0.300 e. The van der Waals surface area contributed by atoms with Gasteiger partial charge in [-0.25, -0.2) is 0 Å². The summed E-state index contributed by atoms with van der Waals surface area (Å²) in [5.74, 6) is 0.681. The molecule has 0 aliphatic heterocycles. The van der Waals surface area contributed by atoms with Crippen molar-refractivity contribution in [2.24, 2.45) is 5.92 Å². The van der Waals surface area contributed by atoms with Crippen molar-refractivity contribution in [3.8, 4) is 6.07 Å². The third-order valence-electron chi connectivity index (χ3n) is 4.30. The number of nitriles is 1. The van der Waals surface area contributed by atoms with Gasteiger partial charge in [-0.3, -0.25) is 5.32 Å². The predicted octanol–water partition coefficient (Wildman–Crippen LogP) is 3.56. The molecule has 0 spiro atoms. The molecule has 1 saturated carbocycles. The largest absolute Gasteiger partial charge is 0.300 e. The van der Waals surface area contributed by atoms with Crippen LogP contribution in [0.15, 0.2) is 0 Å². The van der Waals surface area contributed by atoms with E-state index in [0.29, 0.717) is 18.0 Å². The fourth-order valence-electron chi connectivity index (χ4n) is 2.90. The highest BCUT2D eigenvalue weighted by Crippen LogP contribution is 2.24. The molecule has 1 unspecified atom stereocenters. The zero-order chi connectivity index (χ0) is 15.2. The van der Waals surface area contributed by atoms with Crippen molar-refractivity contribution in [2.75, 3.05) is 13.1 Å². The van der Waals surface area contributed by atoms with Gasteiger partial charge in [-0.05, 0) is 44.9 Å². The number of rotatable bonds is 10. The van der Waals surface area contributed by atoms with Crippen molar-refractivity contribution in [1.29, 1.82) is 5.26 Å². The van der Waals surface area contributed by atoms with Crippen LogP contribution in [0.1, 0.15) is 66.7 Å². The van der Waals surface area contributed by atoms with Crippen molar-refractivity contribution in [1.82, 2.24) is 10.2 Å². The zero-order valence-electron chi connectivity index (χ0n) is 14.1. The molecular formula is C17H33N3. The van der Waals surface area contributed by atoms with Gasteiger partial charge in [-0.2, -0.15) is 5.26 Å². The molecule has 3 nitrogen and oxygen atoms in total. The van der Waals surface area contributed by atoms with Gasteiger partial charge in [0.15, 0.2) is 0 Å². The van der Waals surface area contributed by atoms with Crippen molar-refractivity contribution in [3.63, 3.8) is 0 Å². The van der Waals surface area contributed by atoms with Crippen LogP contribution in [-0.2, 0) is 0 Å². The quantitative estimate of drug-likeness (QED) is 0.664. The van der Waals surface area contributed by atoms with Gasteiger partial charge in [0.05, 0.1) is 6.07 Å². The Balaban J connectivity index is 2.56. The summed E-state index contributed by atoms with van der Waals surface area (Å²) in [5.41, 5.74) is -0.359. The first-order chi connectivity index (χ1) is 9.44. The van der Waals surface area contributed by atoms with Gasteiger partial charge in [0.1, 0.15) is 5.54 Å². The third kappa shape index (κ3) is 5.81. The predicted molar refractivity (Wildman–Crippen MR) is 85.6 cm³/mol. The molecular weight excluding hydrogens is 246 g/mol. The van der Waals surface area contributed by atoms with Gasteiger partial charge in [0.25, 0.3) is 0 Å². The molecule has 20 heavy (non-hydrogen) atoms. The fraction of sp³-hybridized carbons (Fsp3) is 0.941. The molecule has 1 rings (SSSR count). The van der Waals surface area contributed by atoms with Crippen LogP contribution in [0.3, 0.4) is 0 Å². The normalized spacial score (nSPS) is 18.6. The van der Waals surface area contributed by atoms with E-state index in [2.05, 4.69) is 50.9 Å². The molecule has 116 valence electrons. The van der Waals surface area contributed by atoms with Crippen LogP contribution in [0, 0.1) is 17.2 Å². The molecule has 0 amide bonds. The molecule has 0 aromatic rings. The Bertz CT molecular complexity index is 313. The van der Waals surface area contributed by atoms with Gasteiger partial charge in [0.2, 0.25) is 0 Å². The summed E-state index contributed by atoms with van der Waals surface area (Å²) >= 11 is 0. The van der Waals surface area contributed by atoms with Gasteiger partial charge < -0.3 is 4.90 Å². The second kappa shape index (κ2) is 8.00. The average Bonchev–Trinajstić information content (AvgIpc) is 3.20. The first-order valence-electron chi connectivity index (χ1n) is 8.37. The number of nitrogens with zero attached hydrogens (tertiary/aromatic N) is 2. The summed E-state index contributed by atoms with van der Waals surface area (Å²) in [7, 11) is 0. The maximum atomic E-state index is 9.48. The van der Waals surface area contributed by atoms with Crippen molar-refractivity contribution < 1.29 is 0 Å². The molecule has 1 atom stereocenters. The first kappa shape index (κ1) is 17.5. The SMILES string of the molecule is CCC(CC)N(CCC(C)(C#N)NC1CC1)CC(C)C. The Morgan fingerprint density at radius 3 is 2.30 bits per heavy atom. The summed E-state index contributed by atoms with van der Waals surface area (Å²) in [5, 5.41) is 13.0. The molecule has 0 aromatic heterocycles. The van der Waals surface area contributed by atoms with E-state index in [0.717, 1.165) is 19.5 Å². The van der Waals surface area contributed by atoms with Crippen LogP contribution < -0.4 is 5.32 Å². The minimum absolute atomic E-state index is 0.359. The van der Waals surface area contributed by atoms with Crippen LogP contribution in [0.4, 0.5) is 0 Å². The summed E-state index contributed by atoms with van der Waals surface area (Å²) in [6, 6.07) is 3.74. The first-order valence-corrected chi connectivity index (χ1v) is 8.37. The Hall–Kier alpha value is -0.590. The Morgan fingerprint density at radius 1 is 1.30 bits per heavy atom. The highest BCUT2D eigenvalue weighted by molar-refractivity contribution is 5.07. The van der Waals surface area contributed by atoms with Crippen LogP contribution >= 0.6 is 0 Å². The molecule has 0 bridgehead atoms. The monoisotopic (exact) mass is 279 g/mol. The van der Waals surface area contributed by atoms with E-state index in [4.69, 9.17) is 0 Å². The topological polar surface area (TPSA) is 39.1 Å². The highest BCUT2D eigenvalue weighted by atomic mass is 15.2. The van der Waals surface area contributed by atoms with E-state index in [9.17, 15) is 5.26 Å². The highest BCUT2D eigenvalue weighted by Gasteiger charge is 2.33. The number of hydrogen-bond acceptors (Lipinski definition) is 3. The minimum atomic E-state index is -0.359. The van der Waals surface area contributed by atoms with Crippen molar-refractivity contribution >= 4 is 0 Å². The number of hydrogen-bond donors (Lipinski definition) is 1. The average molecular weight is 279 g/mol. The third-order valence-corrected chi connectivity index (χ3v) is 4.30. The number of nitrogens with one attached hydrogen (secondary N) is 1. The zero-order valence-corrected chi connectivity index (χ0v) is 14.1. The summed E-state index contributed by atoms with van der Waals surface area (Å²) < 4.78 is 0. The van der Waals surface area contributed by atoms with Crippen molar-refractivity contribution in [2.45, 2.75) is 84.3 Å². The van der Waals surface area contributed by atoms with Crippen LogP contribution in [0.5, 0.6) is 0 Å². The standard InChI is InChI=1S/C17H33N3/c1-6-16(7-2)20(12-14(3)4)11-10-17(5,13-18)19-15-8-9-15/h14-16,19H,6-12H2,1-5H3. The lowest BCUT2D eigenvalue weighted by molar-refractivity contribution is 0.152. The van der Waals surface area contributed by atoms with Gasteiger partial charge in [0, 0.05) is 25.2 Å². The molecule has 1 aliphatic carbocycles. The smallest absolute Gasteiger partial charge is 0.105 e. The summed E-state index contributed by atoms with van der Waals surface area (Å²) in [6.07, 6.45) is 5.79. The van der Waals surface area contributed by atoms with E-state index in [1.165, 1.54) is 25.7 Å². The lowest BCUT2D eigenvalue weighted by Gasteiger charge is -2.34. The Morgan fingerprint density at radius 2 is 1.90 bits per heavy atom. The van der Waals surface area contributed by atoms with E-state index in [1.807, 2.05) is 0 Å². The lowest BCUT2D eigenvalue weighted by Crippen LogP contribution is -2.47. The van der Waals surface area contributed by atoms with Gasteiger partial charge in [-0.15, -0.1) is 0 Å². The van der Waals surface area contributed by atoms with Crippen LogP contribution in [0.2, 0.25) is 0 Å². The second-order valence-corrected chi connectivity index (χ2v) is 6.97. The summed E-state index contributed by atoms with van der Waals surface area (Å²) in [4.78, 5) is 2.59. The molecule has 3 heteroatoms. The van der Waals surface area contributed by atoms with E-state index in [-0.39, 0.29) is 5.54 Å². The summed E-state index contributed by atoms with van der Waals surface area (Å²) in [6.45, 7) is 13.3. The molecule has 1 aliphatic rings. The molecule has 0 radical (unpaired) electrons. The Kier molecular flexibility index (Phi) is 6.99. The van der Waals surface area contributed by atoms with E-state index < -0.39 is 0 Å². The fourth-order valence-corrected chi connectivity index (χ4v) is 2.90. The lowest BCUT2D eigenvalue weighted by atomic mass is 9.97. The maximum absolute atomic E-state index is 9.48. The molecule has 0 aromatic carbocycles. The van der Waals surface area contributed by atoms with Gasteiger partial charge in [-0.1, -0.05) is 27.7 Å². The molecule has 1 N–H and O–H groups in total. The van der Waals surface area contributed by atoms with Gasteiger partial charge >= 0.3 is 0 Å². The maximum Gasteiger partial charge on any atom is 0.105 e. The van der Waals surface area contributed by atoms with Crippen LogP contribution in [0.25, 0.3) is 0 Å². The molecule has 0 heterocycles. The van der Waals surface area contributed by atoms with Crippen molar-refractivity contribution in [3.05, 3.63) is 0 Å². The molecule has 0 saturated heterocycles. The second-order valence-electron chi connectivity index (χ2n) is 6.97. The van der Waals surface area contributed by atoms with E-state index >= 15 is 0 Å². The molecule has 1 fully saturated rings.